The highest BCUT2D eigenvalue weighted by Crippen LogP contribution is 2.31. The molecule has 0 aliphatic heterocycles. The van der Waals surface area contributed by atoms with Crippen LogP contribution >= 0.6 is 11.3 Å². The van der Waals surface area contributed by atoms with Gasteiger partial charge in [-0.1, -0.05) is 13.8 Å². The average molecular weight is 237 g/mol. The second-order valence-corrected chi connectivity index (χ2v) is 6.80. The van der Waals surface area contributed by atoms with Crippen LogP contribution in [0.25, 0.3) is 0 Å². The van der Waals surface area contributed by atoms with Gasteiger partial charge in [-0.25, -0.2) is 0 Å². The predicted octanol–water partition coefficient (Wildman–Crippen LogP) is 3.89. The van der Waals surface area contributed by atoms with Gasteiger partial charge in [-0.3, -0.25) is 0 Å². The van der Waals surface area contributed by atoms with Crippen molar-refractivity contribution in [2.24, 2.45) is 11.8 Å². The Morgan fingerprint density at radius 1 is 1.31 bits per heavy atom. The molecule has 1 aliphatic carbocycles. The Morgan fingerprint density at radius 3 is 2.56 bits per heavy atom. The first kappa shape index (κ1) is 12.1. The molecule has 2 heteroatoms. The largest absolute Gasteiger partial charge is 0.310 e. The fraction of sp³-hybridized carbons (Fsp3) is 0.714. The minimum Gasteiger partial charge on any atom is -0.310 e. The molecular weight excluding hydrogens is 214 g/mol. The third-order valence-corrected chi connectivity index (χ3v) is 5.17. The molecular formula is C14H23NS. The van der Waals surface area contributed by atoms with Gasteiger partial charge in [-0.2, -0.15) is 0 Å². The molecule has 0 saturated heterocycles. The second kappa shape index (κ2) is 4.89. The smallest absolute Gasteiger partial charge is 0.0219 e. The third-order valence-electron chi connectivity index (χ3n) is 4.16. The van der Waals surface area contributed by atoms with Crippen molar-refractivity contribution in [3.63, 3.8) is 0 Å². The topological polar surface area (TPSA) is 12.0 Å². The Hall–Kier alpha value is -0.340. The van der Waals surface area contributed by atoms with Gasteiger partial charge in [-0.05, 0) is 50.2 Å². The Labute approximate surface area is 103 Å². The molecule has 0 amide bonds. The van der Waals surface area contributed by atoms with Crippen molar-refractivity contribution in [3.05, 3.63) is 21.4 Å². The van der Waals surface area contributed by atoms with Crippen molar-refractivity contribution in [1.29, 1.82) is 0 Å². The number of nitrogens with one attached hydrogen (secondary N) is 1. The van der Waals surface area contributed by atoms with Crippen molar-refractivity contribution >= 4 is 11.3 Å². The number of rotatable bonds is 3. The van der Waals surface area contributed by atoms with E-state index in [2.05, 4.69) is 39.1 Å². The van der Waals surface area contributed by atoms with Gasteiger partial charge in [0.25, 0.3) is 0 Å². The SMILES string of the molecule is Cc1cc(CNC2CCC(C)C2C)c(C)s1. The predicted molar refractivity (Wildman–Crippen MR) is 72.0 cm³/mol. The van der Waals surface area contributed by atoms with Crippen LogP contribution in [-0.4, -0.2) is 6.04 Å². The van der Waals surface area contributed by atoms with E-state index in [-0.39, 0.29) is 0 Å². The molecule has 1 aliphatic rings. The zero-order chi connectivity index (χ0) is 11.7. The van der Waals surface area contributed by atoms with Crippen LogP contribution in [0, 0.1) is 25.7 Å². The van der Waals surface area contributed by atoms with Gasteiger partial charge in [0.1, 0.15) is 0 Å². The molecule has 1 fully saturated rings. The van der Waals surface area contributed by atoms with E-state index in [1.54, 1.807) is 0 Å². The van der Waals surface area contributed by atoms with Crippen LogP contribution in [0.2, 0.25) is 0 Å². The monoisotopic (exact) mass is 237 g/mol. The van der Waals surface area contributed by atoms with Gasteiger partial charge in [0.2, 0.25) is 0 Å². The summed E-state index contributed by atoms with van der Waals surface area (Å²) in [6.07, 6.45) is 2.74. The molecule has 0 bridgehead atoms. The normalized spacial score (nSPS) is 29.9. The molecule has 1 N–H and O–H groups in total. The minimum absolute atomic E-state index is 0.731. The fourth-order valence-electron chi connectivity index (χ4n) is 2.75. The number of hydrogen-bond acceptors (Lipinski definition) is 2. The van der Waals surface area contributed by atoms with Crippen LogP contribution in [0.1, 0.15) is 42.0 Å². The van der Waals surface area contributed by atoms with Crippen molar-refractivity contribution in [2.75, 3.05) is 0 Å². The zero-order valence-corrected chi connectivity index (χ0v) is 11.7. The van der Waals surface area contributed by atoms with Crippen molar-refractivity contribution in [3.8, 4) is 0 Å². The Balaban J connectivity index is 1.90. The lowest BCUT2D eigenvalue weighted by Crippen LogP contribution is -2.31. The molecule has 1 heterocycles. The first-order valence-electron chi connectivity index (χ1n) is 6.37. The maximum absolute atomic E-state index is 3.74. The molecule has 2 rings (SSSR count). The molecule has 0 aromatic carbocycles. The van der Waals surface area contributed by atoms with Crippen molar-refractivity contribution in [1.82, 2.24) is 5.32 Å². The lowest BCUT2D eigenvalue weighted by atomic mass is 9.98. The standard InChI is InChI=1S/C14H23NS/c1-9-5-6-14(11(9)3)15-8-13-7-10(2)16-12(13)4/h7,9,11,14-15H,5-6,8H2,1-4H3. The molecule has 1 saturated carbocycles. The molecule has 3 unspecified atom stereocenters. The van der Waals surface area contributed by atoms with E-state index in [0.29, 0.717) is 0 Å². The van der Waals surface area contributed by atoms with Gasteiger partial charge in [0.15, 0.2) is 0 Å². The number of thiophene rings is 1. The zero-order valence-electron chi connectivity index (χ0n) is 10.8. The highest BCUT2D eigenvalue weighted by molar-refractivity contribution is 7.12. The van der Waals surface area contributed by atoms with Crippen LogP contribution in [0.3, 0.4) is 0 Å². The number of aryl methyl sites for hydroxylation is 2. The molecule has 0 radical (unpaired) electrons. The second-order valence-electron chi connectivity index (χ2n) is 5.34. The molecule has 1 aromatic rings. The van der Waals surface area contributed by atoms with Crippen LogP contribution in [0.4, 0.5) is 0 Å². The molecule has 90 valence electrons. The van der Waals surface area contributed by atoms with Crippen molar-refractivity contribution in [2.45, 2.75) is 53.1 Å². The summed E-state index contributed by atoms with van der Waals surface area (Å²) in [4.78, 5) is 2.91. The van der Waals surface area contributed by atoms with Gasteiger partial charge in [0, 0.05) is 22.3 Å². The summed E-state index contributed by atoms with van der Waals surface area (Å²) in [6, 6.07) is 3.06. The molecule has 3 atom stereocenters. The lowest BCUT2D eigenvalue weighted by Gasteiger charge is -2.19. The first-order valence-corrected chi connectivity index (χ1v) is 7.19. The van der Waals surface area contributed by atoms with Gasteiger partial charge in [0.05, 0.1) is 0 Å². The molecule has 16 heavy (non-hydrogen) atoms. The summed E-state index contributed by atoms with van der Waals surface area (Å²) >= 11 is 1.91. The first-order chi connectivity index (χ1) is 7.58. The summed E-state index contributed by atoms with van der Waals surface area (Å²) in [5, 5.41) is 3.74. The average Bonchev–Trinajstić information content (AvgIpc) is 2.70. The van der Waals surface area contributed by atoms with E-state index in [4.69, 9.17) is 0 Å². The van der Waals surface area contributed by atoms with E-state index >= 15 is 0 Å². The number of hydrogen-bond donors (Lipinski definition) is 1. The summed E-state index contributed by atoms with van der Waals surface area (Å²) < 4.78 is 0. The molecule has 0 spiro atoms. The maximum atomic E-state index is 3.74. The highest BCUT2D eigenvalue weighted by atomic mass is 32.1. The highest BCUT2D eigenvalue weighted by Gasteiger charge is 2.29. The summed E-state index contributed by atoms with van der Waals surface area (Å²) in [5.74, 6) is 1.72. The molecule has 1 aromatic heterocycles. The Bertz CT molecular complexity index is 356. The van der Waals surface area contributed by atoms with Crippen LogP contribution < -0.4 is 5.32 Å². The van der Waals surface area contributed by atoms with E-state index in [9.17, 15) is 0 Å². The Morgan fingerprint density at radius 2 is 2.06 bits per heavy atom. The maximum Gasteiger partial charge on any atom is 0.0219 e. The van der Waals surface area contributed by atoms with Crippen LogP contribution in [-0.2, 0) is 6.54 Å². The van der Waals surface area contributed by atoms with Gasteiger partial charge >= 0.3 is 0 Å². The summed E-state index contributed by atoms with van der Waals surface area (Å²) in [5.41, 5.74) is 1.49. The summed E-state index contributed by atoms with van der Waals surface area (Å²) in [7, 11) is 0. The van der Waals surface area contributed by atoms with Crippen molar-refractivity contribution < 1.29 is 0 Å². The van der Waals surface area contributed by atoms with Gasteiger partial charge < -0.3 is 5.32 Å². The summed E-state index contributed by atoms with van der Waals surface area (Å²) in [6.45, 7) is 10.3. The lowest BCUT2D eigenvalue weighted by molar-refractivity contribution is 0.370. The van der Waals surface area contributed by atoms with E-state index in [1.807, 2.05) is 11.3 Å². The fourth-order valence-corrected chi connectivity index (χ4v) is 3.70. The van der Waals surface area contributed by atoms with E-state index in [1.165, 1.54) is 28.2 Å². The van der Waals surface area contributed by atoms with Gasteiger partial charge in [-0.15, -0.1) is 11.3 Å². The Kier molecular flexibility index (Phi) is 3.70. The minimum atomic E-state index is 0.731. The van der Waals surface area contributed by atoms with E-state index < -0.39 is 0 Å². The molecule has 1 nitrogen and oxygen atoms in total. The van der Waals surface area contributed by atoms with Crippen LogP contribution in [0.15, 0.2) is 6.07 Å². The quantitative estimate of drug-likeness (QED) is 0.841. The van der Waals surface area contributed by atoms with Crippen LogP contribution in [0.5, 0.6) is 0 Å². The third kappa shape index (κ3) is 2.49. The van der Waals surface area contributed by atoms with E-state index in [0.717, 1.165) is 24.4 Å².